The number of nitro groups is 1. The second kappa shape index (κ2) is 6.75. The van der Waals surface area contributed by atoms with Crippen molar-refractivity contribution in [1.29, 1.82) is 0 Å². The summed E-state index contributed by atoms with van der Waals surface area (Å²) in [7, 11) is 0. The van der Waals surface area contributed by atoms with Crippen molar-refractivity contribution in [3.05, 3.63) is 68.8 Å². The summed E-state index contributed by atoms with van der Waals surface area (Å²) in [6, 6.07) is 10.2. The van der Waals surface area contributed by atoms with Gasteiger partial charge in [-0.3, -0.25) is 10.1 Å². The van der Waals surface area contributed by atoms with Crippen molar-refractivity contribution in [3.63, 3.8) is 0 Å². The summed E-state index contributed by atoms with van der Waals surface area (Å²) >= 11 is 3.33. The second-order valence-corrected chi connectivity index (χ2v) is 5.58. The van der Waals surface area contributed by atoms with Crippen LogP contribution in [0.3, 0.4) is 0 Å². The maximum Gasteiger partial charge on any atom is 0.311 e. The van der Waals surface area contributed by atoms with Gasteiger partial charge in [0.15, 0.2) is 6.61 Å². The molecule has 0 N–H and O–H groups in total. The Hall–Kier alpha value is -2.81. The first-order chi connectivity index (χ1) is 11.5. The monoisotopic (exact) mass is 393 g/mol. The topological polar surface area (TPSA) is 91.3 Å². The molecule has 7 nitrogen and oxygen atoms in total. The molecule has 122 valence electrons. The van der Waals surface area contributed by atoms with Crippen molar-refractivity contribution < 1.29 is 18.5 Å². The van der Waals surface area contributed by atoms with E-state index in [9.17, 15) is 14.5 Å². The molecule has 9 heteroatoms. The fourth-order valence-electron chi connectivity index (χ4n) is 1.91. The van der Waals surface area contributed by atoms with Crippen molar-refractivity contribution in [2.45, 2.75) is 6.61 Å². The van der Waals surface area contributed by atoms with Gasteiger partial charge >= 0.3 is 5.69 Å². The van der Waals surface area contributed by atoms with Crippen LogP contribution in [0.1, 0.15) is 5.89 Å². The summed E-state index contributed by atoms with van der Waals surface area (Å²) in [6.07, 6.45) is 0. The van der Waals surface area contributed by atoms with Crippen LogP contribution in [0.4, 0.5) is 10.1 Å². The quantitative estimate of drug-likeness (QED) is 0.478. The number of benzene rings is 2. The highest BCUT2D eigenvalue weighted by molar-refractivity contribution is 9.10. The van der Waals surface area contributed by atoms with E-state index in [1.807, 2.05) is 12.1 Å². The van der Waals surface area contributed by atoms with Crippen LogP contribution in [0.25, 0.3) is 11.5 Å². The van der Waals surface area contributed by atoms with E-state index in [1.165, 1.54) is 0 Å². The average molecular weight is 394 g/mol. The van der Waals surface area contributed by atoms with Crippen LogP contribution in [-0.2, 0) is 6.61 Å². The lowest BCUT2D eigenvalue weighted by Crippen LogP contribution is -2.00. The molecule has 1 heterocycles. The number of nitro benzene ring substituents is 1. The standard InChI is InChI=1S/C15H9BrFN3O4/c16-10-3-1-9(2-4-10)15-19-18-14(24-15)8-23-13-7-11(17)5-6-12(13)20(21)22/h1-7H,8H2. The summed E-state index contributed by atoms with van der Waals surface area (Å²) in [6.45, 7) is -0.214. The van der Waals surface area contributed by atoms with Crippen molar-refractivity contribution in [3.8, 4) is 17.2 Å². The van der Waals surface area contributed by atoms with Crippen LogP contribution in [0.5, 0.6) is 5.75 Å². The Morgan fingerprint density at radius 3 is 2.67 bits per heavy atom. The van der Waals surface area contributed by atoms with E-state index in [4.69, 9.17) is 9.15 Å². The summed E-state index contributed by atoms with van der Waals surface area (Å²) in [5, 5.41) is 18.6. The van der Waals surface area contributed by atoms with Crippen LogP contribution in [0.2, 0.25) is 0 Å². The van der Waals surface area contributed by atoms with Gasteiger partial charge in [0.1, 0.15) is 5.82 Å². The third-order valence-electron chi connectivity index (χ3n) is 3.03. The zero-order valence-electron chi connectivity index (χ0n) is 12.0. The van der Waals surface area contributed by atoms with Gasteiger partial charge in [-0.1, -0.05) is 15.9 Å². The van der Waals surface area contributed by atoms with Gasteiger partial charge in [-0.2, -0.15) is 0 Å². The van der Waals surface area contributed by atoms with Crippen LogP contribution in [0.15, 0.2) is 51.4 Å². The van der Waals surface area contributed by atoms with Crippen LogP contribution >= 0.6 is 15.9 Å². The van der Waals surface area contributed by atoms with Crippen LogP contribution < -0.4 is 4.74 Å². The van der Waals surface area contributed by atoms with Gasteiger partial charge in [0, 0.05) is 22.2 Å². The molecule has 0 fully saturated rings. The van der Waals surface area contributed by atoms with Gasteiger partial charge in [0.25, 0.3) is 5.89 Å². The van der Waals surface area contributed by atoms with Crippen molar-refractivity contribution in [1.82, 2.24) is 10.2 Å². The highest BCUT2D eigenvalue weighted by Crippen LogP contribution is 2.28. The summed E-state index contributed by atoms with van der Waals surface area (Å²) < 4.78 is 24.8. The molecule has 2 aromatic carbocycles. The molecule has 0 bridgehead atoms. The molecule has 0 saturated carbocycles. The fourth-order valence-corrected chi connectivity index (χ4v) is 2.18. The summed E-state index contributed by atoms with van der Waals surface area (Å²) in [5.41, 5.74) is 0.373. The van der Waals surface area contributed by atoms with E-state index >= 15 is 0 Å². The van der Waals surface area contributed by atoms with Gasteiger partial charge < -0.3 is 9.15 Å². The van der Waals surface area contributed by atoms with Gasteiger partial charge in [-0.05, 0) is 30.3 Å². The molecule has 0 unspecified atom stereocenters. The molecular weight excluding hydrogens is 385 g/mol. The van der Waals surface area contributed by atoms with Crippen molar-refractivity contribution >= 4 is 21.6 Å². The van der Waals surface area contributed by atoms with Gasteiger partial charge in [0.05, 0.1) is 4.92 Å². The third kappa shape index (κ3) is 3.57. The molecular formula is C15H9BrFN3O4. The lowest BCUT2D eigenvalue weighted by Gasteiger charge is -2.04. The first-order valence-corrected chi connectivity index (χ1v) is 7.47. The van der Waals surface area contributed by atoms with Gasteiger partial charge in [-0.25, -0.2) is 4.39 Å². The predicted octanol–water partition coefficient (Wildman–Crippen LogP) is 4.13. The van der Waals surface area contributed by atoms with Gasteiger partial charge in [-0.15, -0.1) is 10.2 Å². The minimum atomic E-state index is -0.657. The van der Waals surface area contributed by atoms with E-state index in [0.717, 1.165) is 22.7 Å². The molecule has 1 aromatic heterocycles. The summed E-state index contributed by atoms with van der Waals surface area (Å²) in [4.78, 5) is 10.3. The molecule has 0 aliphatic rings. The Bertz CT molecular complexity index is 883. The molecule has 0 aliphatic heterocycles. The number of nitrogens with zero attached hydrogens (tertiary/aromatic N) is 3. The smallest absolute Gasteiger partial charge is 0.311 e. The zero-order valence-corrected chi connectivity index (χ0v) is 13.6. The minimum Gasteiger partial charge on any atom is -0.477 e. The van der Waals surface area contributed by atoms with E-state index in [-0.39, 0.29) is 29.8 Å². The Balaban J connectivity index is 1.75. The highest BCUT2D eigenvalue weighted by atomic mass is 79.9. The number of hydrogen-bond donors (Lipinski definition) is 0. The number of hydrogen-bond acceptors (Lipinski definition) is 6. The highest BCUT2D eigenvalue weighted by Gasteiger charge is 2.17. The molecule has 0 spiro atoms. The number of rotatable bonds is 5. The molecule has 0 saturated heterocycles. The van der Waals surface area contributed by atoms with Crippen molar-refractivity contribution in [2.75, 3.05) is 0 Å². The average Bonchev–Trinajstić information content (AvgIpc) is 3.02. The lowest BCUT2D eigenvalue weighted by molar-refractivity contribution is -0.386. The summed E-state index contributed by atoms with van der Waals surface area (Å²) in [5.74, 6) is -0.443. The van der Waals surface area contributed by atoms with E-state index < -0.39 is 10.7 Å². The van der Waals surface area contributed by atoms with Gasteiger partial charge in [0.2, 0.25) is 11.6 Å². The van der Waals surface area contributed by atoms with E-state index in [1.54, 1.807) is 12.1 Å². The van der Waals surface area contributed by atoms with E-state index in [0.29, 0.717) is 5.56 Å². The van der Waals surface area contributed by atoms with E-state index in [2.05, 4.69) is 26.1 Å². The first kappa shape index (κ1) is 16.1. The number of aromatic nitrogens is 2. The Morgan fingerprint density at radius 1 is 1.21 bits per heavy atom. The Morgan fingerprint density at radius 2 is 1.96 bits per heavy atom. The third-order valence-corrected chi connectivity index (χ3v) is 3.56. The zero-order chi connectivity index (χ0) is 17.1. The molecule has 24 heavy (non-hydrogen) atoms. The fraction of sp³-hybridized carbons (Fsp3) is 0.0667. The maximum absolute atomic E-state index is 13.2. The second-order valence-electron chi connectivity index (χ2n) is 4.67. The largest absolute Gasteiger partial charge is 0.477 e. The Labute approximate surface area is 143 Å². The van der Waals surface area contributed by atoms with Crippen molar-refractivity contribution in [2.24, 2.45) is 0 Å². The van der Waals surface area contributed by atoms with Crippen LogP contribution in [-0.4, -0.2) is 15.1 Å². The SMILES string of the molecule is O=[N+]([O-])c1ccc(F)cc1OCc1nnc(-c2ccc(Br)cc2)o1. The molecule has 0 radical (unpaired) electrons. The normalized spacial score (nSPS) is 10.6. The lowest BCUT2D eigenvalue weighted by atomic mass is 10.2. The number of halogens is 2. The maximum atomic E-state index is 13.2. The molecule has 3 aromatic rings. The molecule has 0 aliphatic carbocycles. The Kier molecular flexibility index (Phi) is 4.52. The molecule has 0 atom stereocenters. The first-order valence-electron chi connectivity index (χ1n) is 6.68. The molecule has 3 rings (SSSR count). The minimum absolute atomic E-state index is 0.117. The molecule has 0 amide bonds. The number of ether oxygens (including phenoxy) is 1. The predicted molar refractivity (Wildman–Crippen MR) is 84.8 cm³/mol. The van der Waals surface area contributed by atoms with Crippen LogP contribution in [0, 0.1) is 15.9 Å².